The second-order valence-corrected chi connectivity index (χ2v) is 14.2. The third-order valence-electron chi connectivity index (χ3n) is 8.46. The maximum atomic E-state index is 14.0. The molecule has 2 aromatic heterocycles. The van der Waals surface area contributed by atoms with E-state index in [-0.39, 0.29) is 18.6 Å². The lowest BCUT2D eigenvalue weighted by molar-refractivity contribution is -0.140. The fraction of sp³-hybridized carbons (Fsp3) is 0.571. The molecule has 46 heavy (non-hydrogen) atoms. The van der Waals surface area contributed by atoms with Crippen LogP contribution in [-0.4, -0.2) is 74.2 Å². The van der Waals surface area contributed by atoms with Crippen LogP contribution in [0.4, 0.5) is 4.79 Å². The number of imidazole rings is 1. The normalized spacial score (nSPS) is 16.7. The van der Waals surface area contributed by atoms with Crippen molar-refractivity contribution in [3.05, 3.63) is 59.0 Å². The van der Waals surface area contributed by atoms with E-state index < -0.39 is 29.2 Å². The summed E-state index contributed by atoms with van der Waals surface area (Å²) in [6.45, 7) is 13.9. The van der Waals surface area contributed by atoms with Crippen LogP contribution in [0.15, 0.2) is 36.4 Å². The second kappa shape index (κ2) is 13.4. The van der Waals surface area contributed by atoms with Crippen LogP contribution in [-0.2, 0) is 25.7 Å². The van der Waals surface area contributed by atoms with Crippen molar-refractivity contribution in [2.75, 3.05) is 19.7 Å². The van der Waals surface area contributed by atoms with Crippen LogP contribution in [0.25, 0.3) is 11.2 Å². The van der Waals surface area contributed by atoms with E-state index in [4.69, 9.17) is 19.4 Å². The Morgan fingerprint density at radius 3 is 2.28 bits per heavy atom. The molecule has 248 valence electrons. The quantitative estimate of drug-likeness (QED) is 0.319. The number of carbonyl (C=O) groups excluding carboxylic acids is 3. The summed E-state index contributed by atoms with van der Waals surface area (Å²) in [4.78, 5) is 51.7. The summed E-state index contributed by atoms with van der Waals surface area (Å²) in [7, 11) is 0. The smallest absolute Gasteiger partial charge is 0.408 e. The van der Waals surface area contributed by atoms with E-state index in [0.717, 1.165) is 59.5 Å². The zero-order chi connectivity index (χ0) is 33.2. The molecule has 1 saturated carbocycles. The number of likely N-dealkylation sites (tertiary alicyclic amines) is 1. The third kappa shape index (κ3) is 8.04. The summed E-state index contributed by atoms with van der Waals surface area (Å²) in [5.74, 6) is 0.856. The Morgan fingerprint density at radius 1 is 0.978 bits per heavy atom. The number of pyridine rings is 1. The molecule has 11 heteroatoms. The second-order valence-electron chi connectivity index (χ2n) is 14.2. The van der Waals surface area contributed by atoms with Gasteiger partial charge in [0.05, 0.1) is 13.2 Å². The van der Waals surface area contributed by atoms with E-state index in [2.05, 4.69) is 28.2 Å². The molecule has 2 N–H and O–H groups in total. The highest BCUT2D eigenvalue weighted by Crippen LogP contribution is 2.43. The lowest BCUT2D eigenvalue weighted by atomic mass is 10.0. The SMILES string of the molecule is Cc1cc(C)c2nc(C3CC3)n(C3CCN(C(=O)[C@@H](COCc4ccccc4)NC(=O)C(C)(C)NC(=O)OC(C)(C)C)CC3)c2n1. The van der Waals surface area contributed by atoms with Gasteiger partial charge < -0.3 is 29.6 Å². The Morgan fingerprint density at radius 2 is 1.65 bits per heavy atom. The van der Waals surface area contributed by atoms with E-state index in [1.165, 1.54) is 0 Å². The highest BCUT2D eigenvalue weighted by Gasteiger charge is 2.38. The summed E-state index contributed by atoms with van der Waals surface area (Å²) in [6, 6.07) is 11.0. The molecule has 1 aliphatic carbocycles. The van der Waals surface area contributed by atoms with Gasteiger partial charge >= 0.3 is 6.09 Å². The van der Waals surface area contributed by atoms with E-state index in [0.29, 0.717) is 25.6 Å². The maximum Gasteiger partial charge on any atom is 0.408 e. The number of alkyl carbamates (subject to hydrolysis) is 1. The first-order valence-electron chi connectivity index (χ1n) is 16.3. The van der Waals surface area contributed by atoms with Gasteiger partial charge in [-0.05, 0) is 91.3 Å². The van der Waals surface area contributed by atoms with Gasteiger partial charge in [-0.2, -0.15) is 0 Å². The van der Waals surface area contributed by atoms with Crippen molar-refractivity contribution >= 4 is 29.1 Å². The molecule has 0 spiro atoms. The summed E-state index contributed by atoms with van der Waals surface area (Å²) >= 11 is 0. The Balaban J connectivity index is 1.29. The standard InChI is InChI=1S/C35H48N6O5/c1-22-19-23(2)36-30-28(22)38-29(25-13-14-25)41(30)26-15-17-40(18-16-26)31(42)27(21-45-20-24-11-9-8-10-12-24)37-32(43)35(6,7)39-33(44)46-34(3,4)5/h8-12,19,25-27H,13-18,20-21H2,1-7H3,(H,37,43)(H,39,44)/t27-/m1/s1. The number of ether oxygens (including phenoxy) is 2. The fourth-order valence-electron chi connectivity index (χ4n) is 5.95. The van der Waals surface area contributed by atoms with Gasteiger partial charge in [0.1, 0.15) is 28.5 Å². The van der Waals surface area contributed by atoms with E-state index in [9.17, 15) is 14.4 Å². The molecular weight excluding hydrogens is 584 g/mol. The minimum absolute atomic E-state index is 0.0115. The van der Waals surface area contributed by atoms with Crippen molar-refractivity contribution in [1.29, 1.82) is 0 Å². The average molecular weight is 633 g/mol. The minimum Gasteiger partial charge on any atom is -0.444 e. The first kappa shape index (κ1) is 33.4. The van der Waals surface area contributed by atoms with Gasteiger partial charge in [-0.1, -0.05) is 30.3 Å². The molecule has 3 aromatic rings. The van der Waals surface area contributed by atoms with Crippen LogP contribution in [0.2, 0.25) is 0 Å². The number of aryl methyl sites for hydroxylation is 2. The van der Waals surface area contributed by atoms with E-state index >= 15 is 0 Å². The minimum atomic E-state index is -1.34. The lowest BCUT2D eigenvalue weighted by Crippen LogP contribution is -2.61. The highest BCUT2D eigenvalue weighted by atomic mass is 16.6. The Kier molecular flexibility index (Phi) is 9.72. The van der Waals surface area contributed by atoms with Gasteiger partial charge in [-0.15, -0.1) is 0 Å². The summed E-state index contributed by atoms with van der Waals surface area (Å²) in [6.07, 6.45) is 3.08. The summed E-state index contributed by atoms with van der Waals surface area (Å²) < 4.78 is 13.6. The van der Waals surface area contributed by atoms with Gasteiger partial charge in [-0.3, -0.25) is 9.59 Å². The molecule has 0 unspecified atom stereocenters. The number of hydrogen-bond acceptors (Lipinski definition) is 7. The maximum absolute atomic E-state index is 14.0. The Hall–Kier alpha value is -3.99. The number of nitrogens with zero attached hydrogens (tertiary/aromatic N) is 4. The molecule has 1 aromatic carbocycles. The van der Waals surface area contributed by atoms with Gasteiger partial charge in [0.25, 0.3) is 0 Å². The van der Waals surface area contributed by atoms with Crippen molar-refractivity contribution in [3.63, 3.8) is 0 Å². The van der Waals surface area contributed by atoms with E-state index in [1.807, 2.05) is 42.2 Å². The van der Waals surface area contributed by atoms with Gasteiger partial charge in [0.15, 0.2) is 5.65 Å². The molecular formula is C35H48N6O5. The zero-order valence-electron chi connectivity index (χ0n) is 28.2. The number of nitrogens with one attached hydrogen (secondary N) is 2. The molecule has 1 aliphatic heterocycles. The molecule has 0 radical (unpaired) electrons. The van der Waals surface area contributed by atoms with Crippen LogP contribution in [0.3, 0.4) is 0 Å². The van der Waals surface area contributed by atoms with E-state index in [1.54, 1.807) is 34.6 Å². The zero-order valence-corrected chi connectivity index (χ0v) is 28.2. The van der Waals surface area contributed by atoms with Crippen LogP contribution < -0.4 is 10.6 Å². The van der Waals surface area contributed by atoms with Gasteiger partial charge in [0, 0.05) is 30.7 Å². The van der Waals surface area contributed by atoms with Gasteiger partial charge in [0.2, 0.25) is 11.8 Å². The molecule has 2 fully saturated rings. The predicted octanol–water partition coefficient (Wildman–Crippen LogP) is 5.09. The molecule has 5 rings (SSSR count). The van der Waals surface area contributed by atoms with Crippen LogP contribution in [0, 0.1) is 13.8 Å². The van der Waals surface area contributed by atoms with Crippen molar-refractivity contribution in [1.82, 2.24) is 30.1 Å². The molecule has 1 atom stereocenters. The summed E-state index contributed by atoms with van der Waals surface area (Å²) in [5.41, 5.74) is 2.91. The third-order valence-corrected chi connectivity index (χ3v) is 8.46. The van der Waals surface area contributed by atoms with Crippen molar-refractivity contribution in [2.45, 2.75) is 110 Å². The fourth-order valence-corrected chi connectivity index (χ4v) is 5.95. The lowest BCUT2D eigenvalue weighted by Gasteiger charge is -2.36. The molecule has 2 aliphatic rings. The van der Waals surface area contributed by atoms with Crippen LogP contribution >= 0.6 is 0 Å². The predicted molar refractivity (Wildman–Crippen MR) is 175 cm³/mol. The van der Waals surface area contributed by atoms with Crippen molar-refractivity contribution in [2.24, 2.45) is 0 Å². The monoisotopic (exact) mass is 632 g/mol. The molecule has 1 saturated heterocycles. The number of fused-ring (bicyclic) bond motifs is 1. The number of carbonyl (C=O) groups is 3. The van der Waals surface area contributed by atoms with Crippen LogP contribution in [0.1, 0.15) is 94.9 Å². The number of piperidine rings is 1. The Labute approximate surface area is 271 Å². The molecule has 11 nitrogen and oxygen atoms in total. The summed E-state index contributed by atoms with van der Waals surface area (Å²) in [5, 5.41) is 5.49. The van der Waals surface area contributed by atoms with Gasteiger partial charge in [-0.25, -0.2) is 14.8 Å². The number of aromatic nitrogens is 3. The van der Waals surface area contributed by atoms with Crippen LogP contribution in [0.5, 0.6) is 0 Å². The highest BCUT2D eigenvalue weighted by molar-refractivity contribution is 5.93. The molecule has 3 heterocycles. The number of amides is 3. The molecule has 3 amide bonds. The topological polar surface area (TPSA) is 128 Å². The van der Waals surface area contributed by atoms with Crippen molar-refractivity contribution in [3.8, 4) is 0 Å². The Bertz CT molecular complexity index is 1570. The van der Waals surface area contributed by atoms with Crippen molar-refractivity contribution < 1.29 is 23.9 Å². The number of hydrogen-bond donors (Lipinski definition) is 2. The largest absolute Gasteiger partial charge is 0.444 e. The number of benzene rings is 1. The first-order chi connectivity index (χ1) is 21.7. The number of rotatable bonds is 10. The molecule has 0 bridgehead atoms. The average Bonchev–Trinajstić information content (AvgIpc) is 3.75. The first-order valence-corrected chi connectivity index (χ1v) is 16.3.